The molecule has 1 fully saturated rings. The number of nitrogen functional groups attached to an aromatic ring is 1. The number of alkyl halides is 1. The Morgan fingerprint density at radius 1 is 1.15 bits per heavy atom. The number of benzene rings is 2. The molecule has 5 N–H and O–H groups in total. The number of nitrogens with two attached hydrogens (primary N) is 2. The summed E-state index contributed by atoms with van der Waals surface area (Å²) in [5.74, 6) is -2.95. The van der Waals surface area contributed by atoms with E-state index in [4.69, 9.17) is 21.2 Å². The fraction of sp³-hybridized carbons (Fsp3) is 0.286. The van der Waals surface area contributed by atoms with Gasteiger partial charge in [-0.25, -0.2) is 23.1 Å². The van der Waals surface area contributed by atoms with Crippen molar-refractivity contribution in [3.63, 3.8) is 0 Å². The van der Waals surface area contributed by atoms with E-state index in [-0.39, 0.29) is 47.9 Å². The number of anilines is 1. The van der Waals surface area contributed by atoms with Crippen LogP contribution in [0.2, 0.25) is 0 Å². The molecule has 2 aliphatic rings. The van der Waals surface area contributed by atoms with Crippen LogP contribution in [0, 0.1) is 11.6 Å². The van der Waals surface area contributed by atoms with Gasteiger partial charge in [0, 0.05) is 28.9 Å². The second kappa shape index (κ2) is 9.19. The molecule has 40 heavy (non-hydrogen) atoms. The smallest absolute Gasteiger partial charge is 0.251 e. The normalized spacial score (nSPS) is 19.6. The first kappa shape index (κ1) is 26.1. The second-order valence-corrected chi connectivity index (χ2v) is 11.5. The van der Waals surface area contributed by atoms with Crippen LogP contribution >= 0.6 is 11.3 Å². The zero-order valence-corrected chi connectivity index (χ0v) is 22.1. The number of nitrogens with one attached hydrogen (secondary N) is 1. The van der Waals surface area contributed by atoms with Crippen molar-refractivity contribution < 1.29 is 27.5 Å². The van der Waals surface area contributed by atoms with Gasteiger partial charge in [0.15, 0.2) is 10.9 Å². The Hall–Kier alpha value is -4.19. The van der Waals surface area contributed by atoms with Crippen LogP contribution in [0.4, 0.5) is 18.3 Å². The van der Waals surface area contributed by atoms with Gasteiger partial charge in [-0.15, -0.1) is 0 Å². The number of ether oxygens (including phenoxy) is 1. The summed E-state index contributed by atoms with van der Waals surface area (Å²) in [7, 11) is 0. The van der Waals surface area contributed by atoms with Gasteiger partial charge in [-0.05, 0) is 62.2 Å². The lowest BCUT2D eigenvalue weighted by Gasteiger charge is -2.24. The van der Waals surface area contributed by atoms with Crippen LogP contribution in [0.25, 0.3) is 21.5 Å². The lowest BCUT2D eigenvalue weighted by Crippen LogP contribution is -2.40. The molecule has 0 saturated heterocycles. The molecule has 0 spiro atoms. The van der Waals surface area contributed by atoms with Gasteiger partial charge >= 0.3 is 0 Å². The van der Waals surface area contributed by atoms with Crippen molar-refractivity contribution in [1.82, 2.24) is 15.3 Å². The summed E-state index contributed by atoms with van der Waals surface area (Å²) in [5, 5.41) is 2.89. The molecule has 1 saturated carbocycles. The molecule has 12 heteroatoms. The van der Waals surface area contributed by atoms with Gasteiger partial charge in [0.25, 0.3) is 5.91 Å². The number of carbonyl (C=O) groups excluding carboxylic acids is 2. The molecule has 1 aliphatic carbocycles. The highest BCUT2D eigenvalue weighted by atomic mass is 32.1. The van der Waals surface area contributed by atoms with Gasteiger partial charge in [0.05, 0.1) is 10.6 Å². The van der Waals surface area contributed by atoms with Crippen molar-refractivity contribution in [2.45, 2.75) is 36.8 Å². The van der Waals surface area contributed by atoms with E-state index in [9.17, 15) is 18.4 Å². The summed E-state index contributed by atoms with van der Waals surface area (Å²) in [5.41, 5.74) is 10.2. The van der Waals surface area contributed by atoms with Crippen molar-refractivity contribution in [3.05, 3.63) is 70.9 Å². The van der Waals surface area contributed by atoms with Crippen LogP contribution in [0.1, 0.15) is 47.3 Å². The fourth-order valence-corrected chi connectivity index (χ4v) is 5.83. The Kier molecular flexibility index (Phi) is 5.98. The highest BCUT2D eigenvalue weighted by Gasteiger charge is 2.53. The molecule has 2 atom stereocenters. The van der Waals surface area contributed by atoms with Crippen LogP contribution in [-0.4, -0.2) is 40.6 Å². The molecule has 0 unspecified atom stereocenters. The number of halogens is 3. The van der Waals surface area contributed by atoms with E-state index in [1.165, 1.54) is 30.3 Å². The van der Waals surface area contributed by atoms with Gasteiger partial charge in [0.1, 0.15) is 40.5 Å². The van der Waals surface area contributed by atoms with Crippen LogP contribution in [0.3, 0.4) is 0 Å². The van der Waals surface area contributed by atoms with Gasteiger partial charge < -0.3 is 21.5 Å². The van der Waals surface area contributed by atoms with E-state index in [0.717, 1.165) is 17.4 Å². The lowest BCUT2D eigenvalue weighted by molar-refractivity contribution is -0.123. The van der Waals surface area contributed by atoms with Crippen LogP contribution in [-0.2, 0) is 10.2 Å². The summed E-state index contributed by atoms with van der Waals surface area (Å²) < 4.78 is 50.3. The minimum Gasteiger partial charge on any atom is -0.489 e. The molecule has 6 rings (SSSR count). The molecule has 4 aromatic rings. The lowest BCUT2D eigenvalue weighted by atomic mass is 9.82. The fourth-order valence-electron chi connectivity index (χ4n) is 5.04. The third-order valence-electron chi connectivity index (χ3n) is 7.66. The second-order valence-electron chi connectivity index (χ2n) is 10.4. The summed E-state index contributed by atoms with van der Waals surface area (Å²) in [6.45, 7) is 1.45. The van der Waals surface area contributed by atoms with E-state index >= 15 is 4.39 Å². The van der Waals surface area contributed by atoms with Crippen molar-refractivity contribution in [1.29, 1.82) is 0 Å². The first-order chi connectivity index (χ1) is 19.0. The first-order valence-corrected chi connectivity index (χ1v) is 13.4. The van der Waals surface area contributed by atoms with E-state index in [1.807, 2.05) is 0 Å². The highest BCUT2D eigenvalue weighted by molar-refractivity contribution is 7.22. The van der Waals surface area contributed by atoms with E-state index in [0.29, 0.717) is 27.3 Å². The summed E-state index contributed by atoms with van der Waals surface area (Å²) in [6.07, 6.45) is 0.505. The van der Waals surface area contributed by atoms with E-state index < -0.39 is 40.5 Å². The minimum absolute atomic E-state index is 0.0324. The van der Waals surface area contributed by atoms with Gasteiger partial charge in [-0.3, -0.25) is 9.59 Å². The number of hydrogen-bond donors (Lipinski definition) is 3. The third-order valence-corrected chi connectivity index (χ3v) is 8.49. The number of primary amides is 1. The third kappa shape index (κ3) is 4.32. The van der Waals surface area contributed by atoms with E-state index in [1.54, 1.807) is 13.0 Å². The monoisotopic (exact) mass is 567 g/mol. The van der Waals surface area contributed by atoms with E-state index in [2.05, 4.69) is 10.3 Å². The Morgan fingerprint density at radius 3 is 2.55 bits per heavy atom. The topological polar surface area (TPSA) is 133 Å². The molecule has 8 nitrogen and oxygen atoms in total. The zero-order valence-electron chi connectivity index (χ0n) is 21.3. The maximum Gasteiger partial charge on any atom is 0.251 e. The standard InChI is InChI=1S/C28H24F3N5O3S/c1-27(25(32)38)12-39-23-16(27)10-19(35-21(23)13-2-4-15(29)5-3-13)17(28(31)6-7-28)11-34-24(37)14-8-18(30)22-20(9-14)40-26(33)36-22/h2-5,8-10,17H,6-7,11-12H2,1H3,(H2,32,38)(H2,33,36)(H,34,37)/t17-,27+/m1/s1. The molecule has 1 aliphatic heterocycles. The molecule has 3 heterocycles. The Labute approximate surface area is 230 Å². The number of pyridine rings is 1. The average molecular weight is 568 g/mol. The predicted molar refractivity (Wildman–Crippen MR) is 144 cm³/mol. The Balaban J connectivity index is 1.38. The minimum atomic E-state index is -1.65. The molecule has 2 aromatic carbocycles. The number of hydrogen-bond acceptors (Lipinski definition) is 7. The molecule has 2 aromatic heterocycles. The largest absolute Gasteiger partial charge is 0.489 e. The number of carbonyl (C=O) groups is 2. The van der Waals surface area contributed by atoms with Crippen LogP contribution < -0.4 is 21.5 Å². The van der Waals surface area contributed by atoms with Crippen molar-refractivity contribution in [2.75, 3.05) is 18.9 Å². The predicted octanol–water partition coefficient (Wildman–Crippen LogP) is 4.37. The molecule has 2 amide bonds. The Morgan fingerprint density at radius 2 is 1.88 bits per heavy atom. The number of nitrogens with zero attached hydrogens (tertiary/aromatic N) is 2. The number of amides is 2. The number of thiazole rings is 1. The van der Waals surface area contributed by atoms with Crippen molar-refractivity contribution >= 4 is 38.5 Å². The van der Waals surface area contributed by atoms with Crippen molar-refractivity contribution in [2.24, 2.45) is 5.73 Å². The molecular weight excluding hydrogens is 543 g/mol. The number of rotatable bonds is 7. The maximum atomic E-state index is 15.8. The molecule has 0 radical (unpaired) electrons. The van der Waals surface area contributed by atoms with Crippen molar-refractivity contribution in [3.8, 4) is 17.0 Å². The van der Waals surface area contributed by atoms with Gasteiger partial charge in [-0.1, -0.05) is 11.3 Å². The molecule has 0 bridgehead atoms. The SMILES string of the molecule is C[C@]1(C(N)=O)COc2c1cc([C@@H](CNC(=O)c1cc(F)c3nc(N)sc3c1)C1(F)CC1)nc2-c1ccc(F)cc1. The summed E-state index contributed by atoms with van der Waals surface area (Å²) >= 11 is 1.05. The maximum absolute atomic E-state index is 15.8. The van der Waals surface area contributed by atoms with Crippen LogP contribution in [0.15, 0.2) is 42.5 Å². The van der Waals surface area contributed by atoms with Crippen LogP contribution in [0.5, 0.6) is 5.75 Å². The Bertz CT molecular complexity index is 1690. The summed E-state index contributed by atoms with van der Waals surface area (Å²) in [6, 6.07) is 9.70. The molecular formula is C28H24F3N5O3S. The number of fused-ring (bicyclic) bond motifs is 2. The zero-order chi connectivity index (χ0) is 28.4. The quantitative estimate of drug-likeness (QED) is 0.304. The van der Waals surface area contributed by atoms with Gasteiger partial charge in [-0.2, -0.15) is 0 Å². The molecule has 206 valence electrons. The highest BCUT2D eigenvalue weighted by Crippen LogP contribution is 2.52. The number of aromatic nitrogens is 2. The summed E-state index contributed by atoms with van der Waals surface area (Å²) in [4.78, 5) is 34.1. The van der Waals surface area contributed by atoms with Gasteiger partial charge in [0.2, 0.25) is 5.91 Å². The average Bonchev–Trinajstić information content (AvgIpc) is 3.38. The first-order valence-electron chi connectivity index (χ1n) is 12.6.